The van der Waals surface area contributed by atoms with Crippen molar-refractivity contribution in [2.45, 2.75) is 40.0 Å². The molecule has 0 saturated heterocycles. The molecule has 226 valence electrons. The smallest absolute Gasteiger partial charge is 0.319 e. The van der Waals surface area contributed by atoms with Crippen LogP contribution in [0.5, 0.6) is 0 Å². The van der Waals surface area contributed by atoms with Crippen LogP contribution in [0.2, 0.25) is 0 Å². The Morgan fingerprint density at radius 2 is 1.59 bits per heavy atom. The summed E-state index contributed by atoms with van der Waals surface area (Å²) in [4.78, 5) is 13.2. The molecule has 0 fully saturated rings. The number of aromatic nitrogens is 5. The summed E-state index contributed by atoms with van der Waals surface area (Å²) in [7, 11) is 0. The Balaban J connectivity index is 0.00000372. The van der Waals surface area contributed by atoms with Crippen molar-refractivity contribution in [1.82, 2.24) is 24.3 Å². The van der Waals surface area contributed by atoms with Crippen LogP contribution in [-0.4, -0.2) is 31.0 Å². The van der Waals surface area contributed by atoms with E-state index in [2.05, 4.69) is 113 Å². The van der Waals surface area contributed by atoms with Gasteiger partial charge in [-0.15, -0.1) is 11.5 Å². The molecule has 0 N–H and O–H groups in total. The fourth-order valence-electron chi connectivity index (χ4n) is 6.14. The first-order chi connectivity index (χ1) is 21.7. The molecular formula is C38H31BN6Pt. The number of pyridine rings is 1. The quantitative estimate of drug-likeness (QED) is 0.152. The van der Waals surface area contributed by atoms with E-state index in [1.807, 2.05) is 50.4 Å². The standard InChI is InChI=1S/C38H31BN6.Pt/c1-25-42-26(2)45(43-25)32-22-30(21-31(24-32)40-6)39(28-12-8-7-9-13-28)29-16-17-34-33-14-10-11-15-35(33)44(36(34)23-29)37-20-27(18-19-41-37)38(3,4)5;/h7-21,24H,1-5H3;/q-2;+2. The van der Waals surface area contributed by atoms with E-state index in [9.17, 15) is 0 Å². The van der Waals surface area contributed by atoms with Gasteiger partial charge in [-0.05, 0) is 48.4 Å². The third-order valence-electron chi connectivity index (χ3n) is 8.29. The number of fused-ring (bicyclic) bond motifs is 3. The molecule has 4 aromatic carbocycles. The zero-order valence-electron chi connectivity index (χ0n) is 26.3. The maximum absolute atomic E-state index is 7.91. The van der Waals surface area contributed by atoms with E-state index in [0.717, 1.165) is 49.8 Å². The molecule has 8 heteroatoms. The topological polar surface area (TPSA) is 52.9 Å². The number of hydrogen-bond acceptors (Lipinski definition) is 3. The third kappa shape index (κ3) is 5.59. The van der Waals surface area contributed by atoms with Gasteiger partial charge in [-0.1, -0.05) is 86.0 Å². The van der Waals surface area contributed by atoms with Gasteiger partial charge in [0.15, 0.2) is 6.71 Å². The van der Waals surface area contributed by atoms with Gasteiger partial charge in [-0.2, -0.15) is 46.4 Å². The van der Waals surface area contributed by atoms with E-state index in [-0.39, 0.29) is 33.2 Å². The summed E-state index contributed by atoms with van der Waals surface area (Å²) in [5, 5.41) is 6.85. The Kier molecular flexibility index (Phi) is 8.27. The molecule has 7 aromatic rings. The molecule has 7 rings (SSSR count). The number of para-hydroxylation sites is 1. The first-order valence-corrected chi connectivity index (χ1v) is 15.0. The average molecular weight is 778 g/mol. The molecule has 0 aliphatic carbocycles. The van der Waals surface area contributed by atoms with Gasteiger partial charge < -0.3 is 4.57 Å². The van der Waals surface area contributed by atoms with E-state index >= 15 is 0 Å². The molecule has 0 amide bonds. The monoisotopic (exact) mass is 777 g/mol. The Bertz CT molecular complexity index is 2260. The predicted octanol–water partition coefficient (Wildman–Crippen LogP) is 6.34. The third-order valence-corrected chi connectivity index (χ3v) is 8.29. The van der Waals surface area contributed by atoms with E-state index in [1.54, 1.807) is 4.68 Å². The van der Waals surface area contributed by atoms with Crippen LogP contribution < -0.4 is 16.4 Å². The zero-order chi connectivity index (χ0) is 31.3. The fraction of sp³-hybridized carbons (Fsp3) is 0.158. The molecule has 0 unspecified atom stereocenters. The van der Waals surface area contributed by atoms with Crippen LogP contribution in [0.4, 0.5) is 5.69 Å². The van der Waals surface area contributed by atoms with E-state index in [1.165, 1.54) is 5.56 Å². The molecule has 0 spiro atoms. The van der Waals surface area contributed by atoms with Crippen molar-refractivity contribution in [3.63, 3.8) is 0 Å². The van der Waals surface area contributed by atoms with Crippen LogP contribution in [-0.2, 0) is 26.5 Å². The molecule has 0 aliphatic heterocycles. The number of hydrogen-bond donors (Lipinski definition) is 0. The van der Waals surface area contributed by atoms with Crippen molar-refractivity contribution in [2.24, 2.45) is 0 Å². The summed E-state index contributed by atoms with van der Waals surface area (Å²) in [5.74, 6) is 2.28. The number of rotatable bonds is 5. The van der Waals surface area contributed by atoms with Gasteiger partial charge >= 0.3 is 21.1 Å². The maximum atomic E-state index is 7.91. The number of aryl methyl sites for hydroxylation is 2. The van der Waals surface area contributed by atoms with Gasteiger partial charge in [0.05, 0.1) is 12.3 Å². The number of benzene rings is 4. The molecule has 0 bridgehead atoms. The van der Waals surface area contributed by atoms with Crippen LogP contribution in [0.15, 0.2) is 97.2 Å². The van der Waals surface area contributed by atoms with Crippen molar-refractivity contribution in [2.75, 3.05) is 0 Å². The normalized spacial score (nSPS) is 11.4. The summed E-state index contributed by atoms with van der Waals surface area (Å²) in [6, 6.07) is 38.6. The maximum Gasteiger partial charge on any atom is 2.00 e. The summed E-state index contributed by atoms with van der Waals surface area (Å²) < 4.78 is 3.98. The first-order valence-electron chi connectivity index (χ1n) is 15.0. The molecule has 0 radical (unpaired) electrons. The van der Waals surface area contributed by atoms with Gasteiger partial charge in [-0.25, -0.2) is 14.6 Å². The van der Waals surface area contributed by atoms with Crippen molar-refractivity contribution >= 4 is 50.6 Å². The Labute approximate surface area is 284 Å². The number of nitrogens with zero attached hydrogens (tertiary/aromatic N) is 6. The minimum absolute atomic E-state index is 0. The molecule has 46 heavy (non-hydrogen) atoms. The second-order valence-electron chi connectivity index (χ2n) is 12.4. The Hall–Kier alpha value is -4.79. The molecule has 3 heterocycles. The van der Waals surface area contributed by atoms with Crippen molar-refractivity contribution < 1.29 is 21.1 Å². The average Bonchev–Trinajstić information content (AvgIpc) is 3.56. The van der Waals surface area contributed by atoms with Gasteiger partial charge in [0, 0.05) is 11.7 Å². The van der Waals surface area contributed by atoms with Crippen molar-refractivity contribution in [3.05, 3.63) is 138 Å². The van der Waals surface area contributed by atoms with Gasteiger partial charge in [0.2, 0.25) is 0 Å². The van der Waals surface area contributed by atoms with Crippen LogP contribution >= 0.6 is 0 Å². The Morgan fingerprint density at radius 3 is 2.30 bits per heavy atom. The summed E-state index contributed by atoms with van der Waals surface area (Å²) in [6.45, 7) is 18.1. The van der Waals surface area contributed by atoms with Gasteiger partial charge in [-0.3, -0.25) is 4.85 Å². The van der Waals surface area contributed by atoms with E-state index in [4.69, 9.17) is 11.6 Å². The summed E-state index contributed by atoms with van der Waals surface area (Å²) >= 11 is 0. The molecule has 3 aromatic heterocycles. The first kappa shape index (κ1) is 31.2. The fourth-order valence-corrected chi connectivity index (χ4v) is 6.14. The minimum Gasteiger partial charge on any atom is -0.319 e. The minimum atomic E-state index is -0.235. The predicted molar refractivity (Wildman–Crippen MR) is 183 cm³/mol. The van der Waals surface area contributed by atoms with Gasteiger partial charge in [0.25, 0.3) is 0 Å². The van der Waals surface area contributed by atoms with E-state index in [0.29, 0.717) is 17.2 Å². The second kappa shape index (κ2) is 12.2. The van der Waals surface area contributed by atoms with Crippen LogP contribution in [0, 0.1) is 32.6 Å². The van der Waals surface area contributed by atoms with Crippen LogP contribution in [0.3, 0.4) is 0 Å². The Morgan fingerprint density at radius 1 is 0.826 bits per heavy atom. The molecular weight excluding hydrogens is 746 g/mol. The zero-order valence-corrected chi connectivity index (χ0v) is 28.6. The second-order valence-corrected chi connectivity index (χ2v) is 12.4. The molecule has 0 aliphatic rings. The van der Waals surface area contributed by atoms with Crippen LogP contribution in [0.25, 0.3) is 38.2 Å². The van der Waals surface area contributed by atoms with Crippen molar-refractivity contribution in [1.29, 1.82) is 0 Å². The van der Waals surface area contributed by atoms with Crippen LogP contribution in [0.1, 0.15) is 38.0 Å². The SMILES string of the molecule is [C-]#[N+]c1cc(B(c2[c-]c3c(cc2)c2ccccc2n3-c2cc(C(C)(C)C)ccn2)c2ccccc2)[c-]c(-n2nc(C)nc2C)c1.[Pt+2]. The van der Waals surface area contributed by atoms with Crippen molar-refractivity contribution in [3.8, 4) is 11.5 Å². The molecule has 0 saturated carbocycles. The summed E-state index contributed by atoms with van der Waals surface area (Å²) in [6.07, 6.45) is 1.90. The molecule has 0 atom stereocenters. The largest absolute Gasteiger partial charge is 2.00 e. The molecule has 6 nitrogen and oxygen atoms in total. The summed E-state index contributed by atoms with van der Waals surface area (Å²) in [5.41, 5.74) is 7.36. The van der Waals surface area contributed by atoms with Gasteiger partial charge in [0.1, 0.15) is 17.5 Å². The van der Waals surface area contributed by atoms with E-state index < -0.39 is 0 Å².